The molecular formula is C34H39N7O4S. The highest BCUT2D eigenvalue weighted by molar-refractivity contribution is 7.22. The Hall–Kier alpha value is -3.84. The summed E-state index contributed by atoms with van der Waals surface area (Å²) in [6.45, 7) is 6.52. The van der Waals surface area contributed by atoms with Gasteiger partial charge >= 0.3 is 0 Å². The normalized spacial score (nSPS) is 25.0. The van der Waals surface area contributed by atoms with Crippen LogP contribution in [0.2, 0.25) is 0 Å². The van der Waals surface area contributed by atoms with E-state index in [1.165, 1.54) is 11.3 Å². The minimum atomic E-state index is -0.400. The van der Waals surface area contributed by atoms with E-state index in [1.54, 1.807) is 18.6 Å². The van der Waals surface area contributed by atoms with E-state index in [1.807, 2.05) is 42.2 Å². The van der Waals surface area contributed by atoms with Gasteiger partial charge in [0.15, 0.2) is 11.0 Å². The number of fused-ring (bicyclic) bond motifs is 1. The molecule has 2 amide bonds. The number of benzene rings is 1. The molecule has 1 saturated heterocycles. The highest BCUT2D eigenvalue weighted by Gasteiger charge is 2.41. The number of aliphatic hydroxyl groups excluding tert-OH is 1. The molecule has 12 heteroatoms. The summed E-state index contributed by atoms with van der Waals surface area (Å²) in [6, 6.07) is 10.3. The maximum atomic E-state index is 13.1. The molecule has 240 valence electrons. The molecule has 4 heterocycles. The molecule has 2 saturated carbocycles. The van der Waals surface area contributed by atoms with Crippen molar-refractivity contribution in [2.45, 2.75) is 76.9 Å². The number of thiazole rings is 1. The van der Waals surface area contributed by atoms with Crippen molar-refractivity contribution >= 4 is 38.5 Å². The van der Waals surface area contributed by atoms with Crippen LogP contribution in [-0.2, 0) is 16.1 Å². The first-order valence-electron chi connectivity index (χ1n) is 16.1. The molecule has 0 bridgehead atoms. The molecule has 1 aliphatic heterocycles. The second-order valence-corrected chi connectivity index (χ2v) is 13.8. The van der Waals surface area contributed by atoms with Gasteiger partial charge in [-0.15, -0.1) is 0 Å². The van der Waals surface area contributed by atoms with Crippen molar-refractivity contribution < 1.29 is 19.4 Å². The van der Waals surface area contributed by atoms with Crippen molar-refractivity contribution in [1.29, 1.82) is 0 Å². The van der Waals surface area contributed by atoms with Crippen molar-refractivity contribution in [3.05, 3.63) is 66.0 Å². The van der Waals surface area contributed by atoms with Gasteiger partial charge in [0.2, 0.25) is 5.91 Å². The number of hydrogen-bond acceptors (Lipinski definition) is 10. The van der Waals surface area contributed by atoms with Crippen LogP contribution in [0.1, 0.15) is 60.9 Å². The minimum Gasteiger partial charge on any atom is -0.390 e. The molecule has 0 spiro atoms. The lowest BCUT2D eigenvalue weighted by Gasteiger charge is -2.49. The average molecular weight is 642 g/mol. The van der Waals surface area contributed by atoms with E-state index in [0.717, 1.165) is 65.6 Å². The highest BCUT2D eigenvalue weighted by Crippen LogP contribution is 2.36. The lowest BCUT2D eigenvalue weighted by atomic mass is 9.78. The monoisotopic (exact) mass is 641 g/mol. The van der Waals surface area contributed by atoms with Gasteiger partial charge in [0.25, 0.3) is 5.91 Å². The quantitative estimate of drug-likeness (QED) is 0.286. The van der Waals surface area contributed by atoms with E-state index in [2.05, 4.69) is 37.1 Å². The Kier molecular flexibility index (Phi) is 8.78. The Morgan fingerprint density at radius 3 is 2.63 bits per heavy atom. The fourth-order valence-corrected chi connectivity index (χ4v) is 7.72. The van der Waals surface area contributed by atoms with Crippen molar-refractivity contribution in [2.75, 3.05) is 25.0 Å². The molecule has 3 fully saturated rings. The van der Waals surface area contributed by atoms with Gasteiger partial charge in [-0.2, -0.15) is 0 Å². The van der Waals surface area contributed by atoms with Crippen LogP contribution in [0.5, 0.6) is 0 Å². The third-order valence-electron chi connectivity index (χ3n) is 9.56. The van der Waals surface area contributed by atoms with Crippen molar-refractivity contribution in [3.8, 4) is 11.1 Å². The fraction of sp³-hybridized carbons (Fsp3) is 0.471. The van der Waals surface area contributed by atoms with Gasteiger partial charge < -0.3 is 20.1 Å². The molecule has 2 aliphatic carbocycles. The molecule has 0 radical (unpaired) electrons. The van der Waals surface area contributed by atoms with Crippen LogP contribution in [-0.4, -0.2) is 90.6 Å². The number of rotatable bonds is 8. The Labute approximate surface area is 272 Å². The van der Waals surface area contributed by atoms with Crippen molar-refractivity contribution in [2.24, 2.45) is 5.92 Å². The second-order valence-electron chi connectivity index (χ2n) is 12.8. The number of nitrogens with zero attached hydrogens (tertiary/aromatic N) is 6. The summed E-state index contributed by atoms with van der Waals surface area (Å²) in [6.07, 6.45) is 8.97. The topological polar surface area (TPSA) is 134 Å². The molecule has 3 aliphatic rings. The summed E-state index contributed by atoms with van der Waals surface area (Å²) in [4.78, 5) is 48.3. The highest BCUT2D eigenvalue weighted by atomic mass is 32.1. The maximum absolute atomic E-state index is 13.1. The summed E-state index contributed by atoms with van der Waals surface area (Å²) in [5.74, 6) is 0.538. The maximum Gasteiger partial charge on any atom is 0.272 e. The molecule has 46 heavy (non-hydrogen) atoms. The molecular weight excluding hydrogens is 602 g/mol. The average Bonchev–Trinajstić information content (AvgIpc) is 3.64. The predicted octanol–water partition coefficient (Wildman–Crippen LogP) is 4.45. The summed E-state index contributed by atoms with van der Waals surface area (Å²) in [5.41, 5.74) is 4.22. The van der Waals surface area contributed by atoms with E-state index in [0.29, 0.717) is 35.8 Å². The van der Waals surface area contributed by atoms with Crippen LogP contribution in [0.3, 0.4) is 0 Å². The molecule has 4 aromatic rings. The smallest absolute Gasteiger partial charge is 0.272 e. The van der Waals surface area contributed by atoms with Crippen LogP contribution < -0.4 is 5.32 Å². The zero-order valence-corrected chi connectivity index (χ0v) is 26.9. The number of aromatic nitrogens is 4. The number of carbonyl (C=O) groups excluding carboxylic acids is 2. The van der Waals surface area contributed by atoms with Gasteiger partial charge in [-0.3, -0.25) is 19.5 Å². The second kappa shape index (κ2) is 13.1. The summed E-state index contributed by atoms with van der Waals surface area (Å²) >= 11 is 1.46. The number of hydrogen-bond donors (Lipinski definition) is 2. The first kappa shape index (κ1) is 30.8. The van der Waals surface area contributed by atoms with Gasteiger partial charge in [0, 0.05) is 61.8 Å². The number of nitrogens with one attached hydrogen (secondary N) is 1. The van der Waals surface area contributed by atoms with Crippen molar-refractivity contribution in [3.63, 3.8) is 0 Å². The lowest BCUT2D eigenvalue weighted by molar-refractivity contribution is -0.125. The lowest BCUT2D eigenvalue weighted by Crippen LogP contribution is -2.60. The molecule has 3 atom stereocenters. The van der Waals surface area contributed by atoms with Gasteiger partial charge in [-0.25, -0.2) is 15.0 Å². The van der Waals surface area contributed by atoms with E-state index >= 15 is 0 Å². The summed E-state index contributed by atoms with van der Waals surface area (Å²) < 4.78 is 6.78. The standard InChI is InChI=1S/C34H39N7O4S/c1-20-8-9-35-27(12-20)33(44)40-10-11-41(21(2)18-40)25-13-23(14-25)32(43)39-34-38-26-7-6-22(15-30(26)46-34)24-16-36-31(37-17-24)19-45-29-5-3-4-28(29)42/h6-9,12,15-17,21,23,25,28-29,42H,3-5,10-11,13-14,18-19H2,1-2H3,(H,38,39,43)/t21-,23-,25+,28-,29-/m0/s1. The number of amides is 2. The molecule has 2 N–H and O–H groups in total. The summed E-state index contributed by atoms with van der Waals surface area (Å²) in [7, 11) is 0. The van der Waals surface area contributed by atoms with Crippen LogP contribution in [0, 0.1) is 12.8 Å². The third-order valence-corrected chi connectivity index (χ3v) is 10.5. The number of aliphatic hydroxyl groups is 1. The molecule has 7 rings (SSSR count). The largest absolute Gasteiger partial charge is 0.390 e. The molecule has 3 aromatic heterocycles. The zero-order valence-electron chi connectivity index (χ0n) is 26.1. The van der Waals surface area contributed by atoms with Gasteiger partial charge in [0.1, 0.15) is 12.3 Å². The zero-order chi connectivity index (χ0) is 31.8. The number of piperazine rings is 1. The summed E-state index contributed by atoms with van der Waals surface area (Å²) in [5, 5.41) is 13.6. The van der Waals surface area contributed by atoms with E-state index in [4.69, 9.17) is 4.74 Å². The van der Waals surface area contributed by atoms with Crippen LogP contribution >= 0.6 is 11.3 Å². The first-order chi connectivity index (χ1) is 22.3. The molecule has 1 aromatic carbocycles. The van der Waals surface area contributed by atoms with Gasteiger partial charge in [0.05, 0.1) is 22.4 Å². The van der Waals surface area contributed by atoms with E-state index < -0.39 is 6.10 Å². The Balaban J connectivity index is 0.902. The first-order valence-corrected chi connectivity index (χ1v) is 16.9. The molecule has 11 nitrogen and oxygen atoms in total. The van der Waals surface area contributed by atoms with Crippen LogP contribution in [0.15, 0.2) is 48.9 Å². The number of anilines is 1. The van der Waals surface area contributed by atoms with Crippen molar-refractivity contribution in [1.82, 2.24) is 29.7 Å². The third kappa shape index (κ3) is 6.52. The fourth-order valence-electron chi connectivity index (χ4n) is 6.81. The predicted molar refractivity (Wildman–Crippen MR) is 175 cm³/mol. The molecule has 0 unspecified atom stereocenters. The van der Waals surface area contributed by atoms with Crippen LogP contribution in [0.25, 0.3) is 21.3 Å². The Morgan fingerprint density at radius 1 is 1.07 bits per heavy atom. The Bertz CT molecular complexity index is 1720. The Morgan fingerprint density at radius 2 is 1.89 bits per heavy atom. The number of pyridine rings is 1. The van der Waals surface area contributed by atoms with Gasteiger partial charge in [-0.1, -0.05) is 17.4 Å². The van der Waals surface area contributed by atoms with Crippen LogP contribution in [0.4, 0.5) is 5.13 Å². The number of ether oxygens (including phenoxy) is 1. The SMILES string of the molecule is Cc1ccnc(C(=O)N2CCN([C@H]3C[C@@H](C(=O)Nc4nc5ccc(-c6cnc(CO[C@H]7CCC[C@@H]7O)nc6)cc5s4)C3)[C@@H](C)C2)c1. The number of carbonyl (C=O) groups is 2. The number of aryl methyl sites for hydroxylation is 1. The minimum absolute atomic E-state index is 0.0128. The van der Waals surface area contributed by atoms with E-state index in [9.17, 15) is 14.7 Å². The van der Waals surface area contributed by atoms with E-state index in [-0.39, 0.29) is 36.5 Å². The van der Waals surface area contributed by atoms with Gasteiger partial charge in [-0.05, 0) is 81.3 Å².